The van der Waals surface area contributed by atoms with Gasteiger partial charge >= 0.3 is 0 Å². The van der Waals surface area contributed by atoms with Crippen LogP contribution in [0.25, 0.3) is 0 Å². The quantitative estimate of drug-likeness (QED) is 0.811. The van der Waals surface area contributed by atoms with E-state index in [9.17, 15) is 5.11 Å². The van der Waals surface area contributed by atoms with Gasteiger partial charge in [0.1, 0.15) is 5.82 Å². The first-order valence-corrected chi connectivity index (χ1v) is 6.21. The summed E-state index contributed by atoms with van der Waals surface area (Å²) in [7, 11) is 0. The number of aromatic nitrogens is 2. The third-order valence-electron chi connectivity index (χ3n) is 3.30. The van der Waals surface area contributed by atoms with Crippen molar-refractivity contribution in [1.82, 2.24) is 14.9 Å². The molecule has 1 atom stereocenters. The van der Waals surface area contributed by atoms with Crippen LogP contribution in [0.3, 0.4) is 0 Å². The molecule has 0 aliphatic carbocycles. The molecule has 1 saturated heterocycles. The molecule has 5 nitrogen and oxygen atoms in total. The average Bonchev–Trinajstić information content (AvgIpc) is 2.57. The summed E-state index contributed by atoms with van der Waals surface area (Å²) >= 11 is 0. The minimum atomic E-state index is 0.225. The molecule has 0 saturated carbocycles. The number of rotatable bonds is 3. The van der Waals surface area contributed by atoms with Crippen LogP contribution in [0.5, 0.6) is 0 Å². The van der Waals surface area contributed by atoms with Crippen molar-refractivity contribution in [2.75, 3.05) is 18.9 Å². The Morgan fingerprint density at radius 2 is 2.18 bits per heavy atom. The molecule has 0 bridgehead atoms. The highest BCUT2D eigenvalue weighted by Gasteiger charge is 2.20. The van der Waals surface area contributed by atoms with E-state index in [-0.39, 0.29) is 12.6 Å². The molecule has 0 radical (unpaired) electrons. The van der Waals surface area contributed by atoms with Crippen LogP contribution in [-0.2, 0) is 6.54 Å². The smallest absolute Gasteiger partial charge is 0.141 e. The lowest BCUT2D eigenvalue weighted by molar-refractivity contribution is 0.117. The molecule has 2 heterocycles. The standard InChI is InChI=1S/C12H20N4O/c13-12-7-14-10(6-15-12)8-16-5-3-1-2-4-11(16)9-17/h6-7,11,17H,1-5,8-9H2,(H2,13,15). The van der Waals surface area contributed by atoms with Crippen LogP contribution in [0.2, 0.25) is 0 Å². The van der Waals surface area contributed by atoms with Crippen LogP contribution >= 0.6 is 0 Å². The molecule has 0 spiro atoms. The number of aliphatic hydroxyl groups excluding tert-OH is 1. The van der Waals surface area contributed by atoms with Gasteiger partial charge in [0.2, 0.25) is 0 Å². The van der Waals surface area contributed by atoms with E-state index in [1.165, 1.54) is 19.3 Å². The van der Waals surface area contributed by atoms with E-state index in [0.717, 1.165) is 25.2 Å². The topological polar surface area (TPSA) is 75.3 Å². The minimum Gasteiger partial charge on any atom is -0.395 e. The van der Waals surface area contributed by atoms with Gasteiger partial charge in [-0.1, -0.05) is 12.8 Å². The maximum Gasteiger partial charge on any atom is 0.141 e. The molecule has 5 heteroatoms. The molecule has 1 aromatic heterocycles. The molecule has 0 amide bonds. The number of hydrogen-bond donors (Lipinski definition) is 2. The highest BCUT2D eigenvalue weighted by Crippen LogP contribution is 2.18. The molecule has 1 aliphatic rings. The van der Waals surface area contributed by atoms with Gasteiger partial charge in [0.05, 0.1) is 24.7 Å². The van der Waals surface area contributed by atoms with Crippen LogP contribution in [0.1, 0.15) is 31.4 Å². The summed E-state index contributed by atoms with van der Waals surface area (Å²) in [4.78, 5) is 10.6. The maximum absolute atomic E-state index is 9.41. The van der Waals surface area contributed by atoms with Crippen molar-refractivity contribution >= 4 is 5.82 Å². The molecule has 2 rings (SSSR count). The van der Waals surface area contributed by atoms with E-state index in [4.69, 9.17) is 5.73 Å². The molecular formula is C12H20N4O. The summed E-state index contributed by atoms with van der Waals surface area (Å²) in [5.41, 5.74) is 6.43. The Balaban J connectivity index is 2.01. The monoisotopic (exact) mass is 236 g/mol. The Hall–Kier alpha value is -1.20. The first-order chi connectivity index (χ1) is 8.29. The van der Waals surface area contributed by atoms with E-state index < -0.39 is 0 Å². The van der Waals surface area contributed by atoms with Crippen molar-refractivity contribution < 1.29 is 5.11 Å². The zero-order valence-electron chi connectivity index (χ0n) is 10.0. The van der Waals surface area contributed by atoms with Gasteiger partial charge in [-0.3, -0.25) is 9.88 Å². The predicted octanol–water partition coefficient (Wildman–Crippen LogP) is 0.796. The van der Waals surface area contributed by atoms with Crippen molar-refractivity contribution in [2.45, 2.75) is 38.3 Å². The zero-order valence-corrected chi connectivity index (χ0v) is 10.0. The second kappa shape index (κ2) is 5.93. The first-order valence-electron chi connectivity index (χ1n) is 6.21. The predicted molar refractivity (Wildman–Crippen MR) is 66.2 cm³/mol. The van der Waals surface area contributed by atoms with Crippen LogP contribution in [0, 0.1) is 0 Å². The first kappa shape index (κ1) is 12.3. The van der Waals surface area contributed by atoms with Gasteiger partial charge in [-0.2, -0.15) is 0 Å². The van der Waals surface area contributed by atoms with Gasteiger partial charge in [-0.05, 0) is 19.4 Å². The summed E-state index contributed by atoms with van der Waals surface area (Å²) in [6.07, 6.45) is 8.02. The van der Waals surface area contributed by atoms with E-state index in [1.807, 2.05) is 0 Å². The highest BCUT2D eigenvalue weighted by atomic mass is 16.3. The van der Waals surface area contributed by atoms with Crippen molar-refractivity contribution in [1.29, 1.82) is 0 Å². The lowest BCUT2D eigenvalue weighted by Gasteiger charge is -2.27. The zero-order chi connectivity index (χ0) is 12.1. The molecular weight excluding hydrogens is 216 g/mol. The van der Waals surface area contributed by atoms with Gasteiger partial charge in [0.25, 0.3) is 0 Å². The SMILES string of the molecule is Nc1cnc(CN2CCCCCC2CO)cn1. The second-order valence-corrected chi connectivity index (χ2v) is 4.59. The van der Waals surface area contributed by atoms with E-state index >= 15 is 0 Å². The highest BCUT2D eigenvalue weighted by molar-refractivity contribution is 5.22. The van der Waals surface area contributed by atoms with Crippen molar-refractivity contribution in [2.24, 2.45) is 0 Å². The molecule has 17 heavy (non-hydrogen) atoms. The molecule has 1 fully saturated rings. The van der Waals surface area contributed by atoms with Crippen LogP contribution in [-0.4, -0.2) is 39.2 Å². The Kier molecular flexibility index (Phi) is 4.28. The van der Waals surface area contributed by atoms with E-state index in [1.54, 1.807) is 12.4 Å². The van der Waals surface area contributed by atoms with Gasteiger partial charge in [-0.25, -0.2) is 4.98 Å². The number of aliphatic hydroxyl groups is 1. The lowest BCUT2D eigenvalue weighted by atomic mass is 10.1. The maximum atomic E-state index is 9.41. The van der Waals surface area contributed by atoms with E-state index in [2.05, 4.69) is 14.9 Å². The van der Waals surface area contributed by atoms with Crippen LogP contribution in [0.15, 0.2) is 12.4 Å². The van der Waals surface area contributed by atoms with Crippen molar-refractivity contribution in [3.8, 4) is 0 Å². The largest absolute Gasteiger partial charge is 0.395 e. The number of nitrogens with two attached hydrogens (primary N) is 1. The fourth-order valence-electron chi connectivity index (χ4n) is 2.31. The van der Waals surface area contributed by atoms with Gasteiger partial charge in [0, 0.05) is 12.6 Å². The van der Waals surface area contributed by atoms with Crippen LogP contribution < -0.4 is 5.73 Å². The Morgan fingerprint density at radius 1 is 1.29 bits per heavy atom. The molecule has 94 valence electrons. The van der Waals surface area contributed by atoms with Crippen molar-refractivity contribution in [3.63, 3.8) is 0 Å². The van der Waals surface area contributed by atoms with Crippen molar-refractivity contribution in [3.05, 3.63) is 18.1 Å². The Bertz CT molecular complexity index is 341. The lowest BCUT2D eigenvalue weighted by Crippen LogP contribution is -2.37. The minimum absolute atomic E-state index is 0.225. The summed E-state index contributed by atoms with van der Waals surface area (Å²) in [5.74, 6) is 0.448. The third kappa shape index (κ3) is 3.38. The molecule has 1 unspecified atom stereocenters. The molecule has 1 aliphatic heterocycles. The van der Waals surface area contributed by atoms with E-state index in [0.29, 0.717) is 5.82 Å². The summed E-state index contributed by atoms with van der Waals surface area (Å²) in [6, 6.07) is 0.261. The fourth-order valence-corrected chi connectivity index (χ4v) is 2.31. The fraction of sp³-hybridized carbons (Fsp3) is 0.667. The van der Waals surface area contributed by atoms with Gasteiger partial charge in [0.15, 0.2) is 0 Å². The second-order valence-electron chi connectivity index (χ2n) is 4.59. The molecule has 0 aromatic carbocycles. The normalized spacial score (nSPS) is 22.3. The summed E-state index contributed by atoms with van der Waals surface area (Å²) in [6.45, 7) is 2.00. The summed E-state index contributed by atoms with van der Waals surface area (Å²) in [5, 5.41) is 9.41. The van der Waals surface area contributed by atoms with Gasteiger partial charge < -0.3 is 10.8 Å². The molecule has 1 aromatic rings. The number of hydrogen-bond acceptors (Lipinski definition) is 5. The van der Waals surface area contributed by atoms with Crippen LogP contribution in [0.4, 0.5) is 5.82 Å². The Morgan fingerprint density at radius 3 is 2.88 bits per heavy atom. The average molecular weight is 236 g/mol. The third-order valence-corrected chi connectivity index (χ3v) is 3.30. The number of nitrogens with zero attached hydrogens (tertiary/aromatic N) is 3. The molecule has 3 N–H and O–H groups in total. The number of nitrogen functional groups attached to an aromatic ring is 1. The van der Waals surface area contributed by atoms with Gasteiger partial charge in [-0.15, -0.1) is 0 Å². The number of anilines is 1. The summed E-state index contributed by atoms with van der Waals surface area (Å²) < 4.78 is 0. The Labute approximate surface area is 102 Å². The number of likely N-dealkylation sites (tertiary alicyclic amines) is 1.